The van der Waals surface area contributed by atoms with Crippen LogP contribution in [-0.4, -0.2) is 65.5 Å². The monoisotopic (exact) mass is 599 g/mol. The smallest absolute Gasteiger partial charge is 0.380 e. The topological polar surface area (TPSA) is 106 Å². The third-order valence-electron chi connectivity index (χ3n) is 7.76. The summed E-state index contributed by atoms with van der Waals surface area (Å²) in [5.41, 5.74) is 0.517. The summed E-state index contributed by atoms with van der Waals surface area (Å²) in [6.07, 6.45) is -0.0609. The standard InChI is InChI=1S/C31H36F3N5O4/c1-4-27-36-12-13-38(27)19-29(41)39-17-23(15-25(18-39)43-3)20-8-10-21(11-9-20)30(42)37-26(16-28(40)35-2)22-6-5-7-24(14-22)31(32,33)34/h5-14,23,25-26H,4,15-19H2,1-3H3,(H,35,40)(H,37,42). The Balaban J connectivity index is 1.47. The Bertz CT molecular complexity index is 1420. The highest BCUT2D eigenvalue weighted by molar-refractivity contribution is 5.95. The van der Waals surface area contributed by atoms with Crippen molar-refractivity contribution in [3.63, 3.8) is 0 Å². The van der Waals surface area contributed by atoms with Crippen molar-refractivity contribution in [3.8, 4) is 0 Å². The Labute approximate surface area is 248 Å². The van der Waals surface area contributed by atoms with Gasteiger partial charge in [-0.3, -0.25) is 14.4 Å². The van der Waals surface area contributed by atoms with Crippen LogP contribution in [0.15, 0.2) is 60.9 Å². The molecule has 0 saturated carbocycles. The van der Waals surface area contributed by atoms with E-state index in [4.69, 9.17) is 4.74 Å². The lowest BCUT2D eigenvalue weighted by Gasteiger charge is -2.37. The zero-order valence-corrected chi connectivity index (χ0v) is 24.4. The van der Waals surface area contributed by atoms with Crippen molar-refractivity contribution in [1.82, 2.24) is 25.1 Å². The quantitative estimate of drug-likeness (QED) is 0.365. The second kappa shape index (κ2) is 13.9. The minimum atomic E-state index is -4.56. The summed E-state index contributed by atoms with van der Waals surface area (Å²) in [5, 5.41) is 5.16. The summed E-state index contributed by atoms with van der Waals surface area (Å²) < 4.78 is 47.4. The average molecular weight is 600 g/mol. The van der Waals surface area contributed by atoms with Crippen molar-refractivity contribution < 1.29 is 32.3 Å². The molecule has 1 saturated heterocycles. The van der Waals surface area contributed by atoms with Crippen LogP contribution in [0.4, 0.5) is 13.2 Å². The zero-order valence-electron chi connectivity index (χ0n) is 24.4. The number of ether oxygens (including phenoxy) is 1. The van der Waals surface area contributed by atoms with Crippen LogP contribution in [0.5, 0.6) is 0 Å². The molecule has 4 rings (SSSR count). The number of halogens is 3. The Kier molecular flexibility index (Phi) is 10.2. The van der Waals surface area contributed by atoms with Gasteiger partial charge in [-0.15, -0.1) is 0 Å². The fraction of sp³-hybridized carbons (Fsp3) is 0.419. The molecule has 0 bridgehead atoms. The van der Waals surface area contributed by atoms with Gasteiger partial charge in [0.15, 0.2) is 0 Å². The lowest BCUT2D eigenvalue weighted by molar-refractivity contribution is -0.137. The first kappa shape index (κ1) is 31.7. The Morgan fingerprint density at radius 2 is 1.86 bits per heavy atom. The van der Waals surface area contributed by atoms with Gasteiger partial charge in [0.1, 0.15) is 12.4 Å². The van der Waals surface area contributed by atoms with Gasteiger partial charge in [0.2, 0.25) is 11.8 Å². The molecule has 2 aromatic carbocycles. The molecule has 3 amide bonds. The number of carbonyl (C=O) groups excluding carboxylic acids is 3. The molecule has 12 heteroatoms. The van der Waals surface area contributed by atoms with E-state index < -0.39 is 29.6 Å². The maximum absolute atomic E-state index is 13.3. The molecule has 0 spiro atoms. The first-order valence-corrected chi connectivity index (χ1v) is 14.1. The van der Waals surface area contributed by atoms with Crippen LogP contribution >= 0.6 is 0 Å². The van der Waals surface area contributed by atoms with Crippen LogP contribution in [-0.2, 0) is 33.5 Å². The van der Waals surface area contributed by atoms with Crippen molar-refractivity contribution in [2.45, 2.75) is 57.0 Å². The van der Waals surface area contributed by atoms with Gasteiger partial charge in [0.25, 0.3) is 5.91 Å². The Morgan fingerprint density at radius 1 is 1.12 bits per heavy atom. The van der Waals surface area contributed by atoms with Gasteiger partial charge in [-0.05, 0) is 41.8 Å². The van der Waals surface area contributed by atoms with Crippen LogP contribution in [0.25, 0.3) is 0 Å². The van der Waals surface area contributed by atoms with E-state index in [1.165, 1.54) is 19.2 Å². The lowest BCUT2D eigenvalue weighted by atomic mass is 9.88. The number of methoxy groups -OCH3 is 1. The number of aromatic nitrogens is 2. The van der Waals surface area contributed by atoms with E-state index in [0.29, 0.717) is 19.5 Å². The van der Waals surface area contributed by atoms with Crippen molar-refractivity contribution >= 4 is 17.7 Å². The Morgan fingerprint density at radius 3 is 2.51 bits per heavy atom. The largest absolute Gasteiger partial charge is 0.416 e. The van der Waals surface area contributed by atoms with Crippen molar-refractivity contribution in [2.75, 3.05) is 27.2 Å². The number of hydrogen-bond acceptors (Lipinski definition) is 5. The van der Waals surface area contributed by atoms with Crippen LogP contribution < -0.4 is 10.6 Å². The van der Waals surface area contributed by atoms with Gasteiger partial charge in [-0.25, -0.2) is 4.98 Å². The number of aryl methyl sites for hydroxylation is 1. The second-order valence-corrected chi connectivity index (χ2v) is 10.6. The Hall–Kier alpha value is -4.19. The molecule has 1 aliphatic rings. The molecule has 2 N–H and O–H groups in total. The number of carbonyl (C=O) groups is 3. The van der Waals surface area contributed by atoms with Gasteiger partial charge in [-0.2, -0.15) is 13.2 Å². The third kappa shape index (κ3) is 8.01. The highest BCUT2D eigenvalue weighted by atomic mass is 19.4. The number of hydrogen-bond donors (Lipinski definition) is 2. The minimum Gasteiger partial charge on any atom is -0.380 e. The summed E-state index contributed by atoms with van der Waals surface area (Å²) in [4.78, 5) is 44.6. The summed E-state index contributed by atoms with van der Waals surface area (Å²) in [5.74, 6) is -0.183. The van der Waals surface area contributed by atoms with Gasteiger partial charge >= 0.3 is 6.18 Å². The minimum absolute atomic E-state index is 0.0284. The van der Waals surface area contributed by atoms with Gasteiger partial charge in [0, 0.05) is 57.5 Å². The number of piperidine rings is 1. The number of likely N-dealkylation sites (tertiary alicyclic amines) is 1. The highest BCUT2D eigenvalue weighted by Crippen LogP contribution is 2.32. The first-order chi connectivity index (χ1) is 20.5. The van der Waals surface area contributed by atoms with Crippen LogP contribution in [0.1, 0.15) is 64.6 Å². The number of amides is 3. The van der Waals surface area contributed by atoms with E-state index in [9.17, 15) is 27.6 Å². The third-order valence-corrected chi connectivity index (χ3v) is 7.76. The number of nitrogens with one attached hydrogen (secondary N) is 2. The molecular weight excluding hydrogens is 563 g/mol. The predicted octanol–water partition coefficient (Wildman–Crippen LogP) is 4.10. The fourth-order valence-corrected chi connectivity index (χ4v) is 5.33. The molecule has 3 aromatic rings. The van der Waals surface area contributed by atoms with E-state index in [-0.39, 0.29) is 42.0 Å². The lowest BCUT2D eigenvalue weighted by Crippen LogP contribution is -2.47. The van der Waals surface area contributed by atoms with Crippen molar-refractivity contribution in [1.29, 1.82) is 0 Å². The molecule has 1 aromatic heterocycles. The summed E-state index contributed by atoms with van der Waals surface area (Å²) in [7, 11) is 3.04. The van der Waals surface area contributed by atoms with Gasteiger partial charge < -0.3 is 24.8 Å². The summed E-state index contributed by atoms with van der Waals surface area (Å²) >= 11 is 0. The van der Waals surface area contributed by atoms with Crippen molar-refractivity contribution in [3.05, 3.63) is 89.0 Å². The van der Waals surface area contributed by atoms with Gasteiger partial charge in [-0.1, -0.05) is 31.2 Å². The molecule has 230 valence electrons. The van der Waals surface area contributed by atoms with Crippen LogP contribution in [0.2, 0.25) is 0 Å². The summed E-state index contributed by atoms with van der Waals surface area (Å²) in [6, 6.07) is 10.5. The average Bonchev–Trinajstić information content (AvgIpc) is 3.47. The predicted molar refractivity (Wildman–Crippen MR) is 153 cm³/mol. The second-order valence-electron chi connectivity index (χ2n) is 10.6. The summed E-state index contributed by atoms with van der Waals surface area (Å²) in [6.45, 7) is 3.14. The molecule has 0 aliphatic carbocycles. The van der Waals surface area contributed by atoms with E-state index in [1.54, 1.807) is 36.5 Å². The van der Waals surface area contributed by atoms with E-state index in [2.05, 4.69) is 15.6 Å². The number of alkyl halides is 3. The van der Waals surface area contributed by atoms with Crippen molar-refractivity contribution in [2.24, 2.45) is 0 Å². The number of rotatable bonds is 10. The van der Waals surface area contributed by atoms with E-state index in [0.717, 1.165) is 29.9 Å². The molecule has 1 aliphatic heterocycles. The number of benzene rings is 2. The molecule has 2 heterocycles. The SMILES string of the molecule is CCc1nccn1CC(=O)N1CC(OC)CC(c2ccc(C(=O)NC(CC(=O)NC)c3cccc(C(F)(F)F)c3)cc2)C1. The first-order valence-electron chi connectivity index (χ1n) is 14.1. The molecular formula is C31H36F3N5O4. The molecule has 3 unspecified atom stereocenters. The molecule has 0 radical (unpaired) electrons. The van der Waals surface area contributed by atoms with E-state index >= 15 is 0 Å². The normalized spacial score (nSPS) is 17.8. The zero-order chi connectivity index (χ0) is 31.1. The fourth-order valence-electron chi connectivity index (χ4n) is 5.33. The molecule has 43 heavy (non-hydrogen) atoms. The number of nitrogens with zero attached hydrogens (tertiary/aromatic N) is 3. The maximum atomic E-state index is 13.3. The maximum Gasteiger partial charge on any atom is 0.416 e. The van der Waals surface area contributed by atoms with Gasteiger partial charge in [0.05, 0.1) is 24.1 Å². The number of imidazole rings is 1. The molecule has 9 nitrogen and oxygen atoms in total. The van der Waals surface area contributed by atoms with Crippen LogP contribution in [0.3, 0.4) is 0 Å². The molecule has 1 fully saturated rings. The molecule has 3 atom stereocenters. The highest BCUT2D eigenvalue weighted by Gasteiger charge is 2.33. The van der Waals surface area contributed by atoms with E-state index in [1.807, 2.05) is 23.6 Å². The van der Waals surface area contributed by atoms with Crippen LogP contribution in [0, 0.1) is 0 Å².